The number of cyclic esters (lactones) is 3. The van der Waals surface area contributed by atoms with Crippen LogP contribution in [-0.4, -0.2) is 69.2 Å². The van der Waals surface area contributed by atoms with Crippen molar-refractivity contribution in [2.24, 2.45) is 0 Å². The molecule has 16 nitrogen and oxygen atoms in total. The van der Waals surface area contributed by atoms with Crippen LogP contribution in [0, 0.1) is 0 Å². The van der Waals surface area contributed by atoms with Crippen LogP contribution in [0.2, 0.25) is 0 Å². The van der Waals surface area contributed by atoms with Gasteiger partial charge in [-0.2, -0.15) is 0 Å². The number of hydrogen-bond acceptors (Lipinski definition) is 16. The third kappa shape index (κ3) is 7.96. The quantitative estimate of drug-likeness (QED) is 0.0992. The lowest BCUT2D eigenvalue weighted by molar-refractivity contribution is -0.297. The third-order valence-electron chi connectivity index (χ3n) is 9.44. The second-order valence-electron chi connectivity index (χ2n) is 12.7. The predicted molar refractivity (Wildman–Crippen MR) is 181 cm³/mol. The summed E-state index contributed by atoms with van der Waals surface area (Å²) in [5.41, 5.74) is -1.23. The van der Waals surface area contributed by atoms with Gasteiger partial charge < -0.3 is 48.1 Å². The number of aliphatic hydroxyl groups excluding tert-OH is 2. The Hall–Kier alpha value is -6.06. The van der Waals surface area contributed by atoms with Crippen molar-refractivity contribution in [3.8, 4) is 0 Å². The minimum Gasteiger partial charge on any atom is -0.480 e. The van der Waals surface area contributed by atoms with E-state index in [-0.39, 0.29) is 42.4 Å². The zero-order chi connectivity index (χ0) is 39.3. The van der Waals surface area contributed by atoms with E-state index in [2.05, 4.69) is 0 Å². The van der Waals surface area contributed by atoms with Crippen molar-refractivity contribution in [2.75, 3.05) is 0 Å². The van der Waals surface area contributed by atoms with Crippen LogP contribution in [0.3, 0.4) is 0 Å². The van der Waals surface area contributed by atoms with Gasteiger partial charge in [0.15, 0.2) is 0 Å². The van der Waals surface area contributed by atoms with E-state index in [0.717, 1.165) is 6.08 Å². The molecule has 5 rings (SSSR count). The number of allylic oxidation sites excluding steroid dienone is 8. The average molecular weight is 753 g/mol. The van der Waals surface area contributed by atoms with Crippen LogP contribution in [-0.2, 0) is 66.7 Å². The van der Waals surface area contributed by atoms with Gasteiger partial charge in [0.2, 0.25) is 0 Å². The summed E-state index contributed by atoms with van der Waals surface area (Å²) in [4.78, 5) is 75.6. The van der Waals surface area contributed by atoms with Gasteiger partial charge in [-0.3, -0.25) is 0 Å². The second kappa shape index (κ2) is 15.5. The van der Waals surface area contributed by atoms with Crippen LogP contribution in [0.5, 0.6) is 0 Å². The van der Waals surface area contributed by atoms with E-state index in [0.29, 0.717) is 25.7 Å². The molecule has 4 aliphatic heterocycles. The predicted octanol–water partition coefficient (Wildman–Crippen LogP) is 4.95. The van der Waals surface area contributed by atoms with Crippen LogP contribution >= 0.6 is 0 Å². The molecule has 288 valence electrons. The van der Waals surface area contributed by atoms with Gasteiger partial charge in [0.05, 0.1) is 0 Å². The van der Waals surface area contributed by atoms with Crippen LogP contribution in [0.15, 0.2) is 94.9 Å². The molecule has 16 heteroatoms. The SMILES string of the molecule is CCC1(CC)OC(=O)C(=C/C=C/C=C/C2=C(O)OC3(CCC4(CC3)OC(=O)C(=C/C=C/C=C/C3=C(O)OC(CC)(CC)OC3=O)C(=O)O4)OC2=O)C(=O)O1. The molecule has 2 spiro atoms. The molecule has 2 saturated heterocycles. The number of esters is 6. The first kappa shape index (κ1) is 39.2. The van der Waals surface area contributed by atoms with Gasteiger partial charge in [0, 0.05) is 51.4 Å². The molecule has 0 radical (unpaired) electrons. The van der Waals surface area contributed by atoms with Crippen molar-refractivity contribution in [1.82, 2.24) is 0 Å². The normalized spacial score (nSPS) is 23.3. The molecular formula is C38H40O16. The van der Waals surface area contributed by atoms with Crippen molar-refractivity contribution >= 4 is 35.8 Å². The summed E-state index contributed by atoms with van der Waals surface area (Å²) in [6.45, 7) is 6.96. The maximum Gasteiger partial charge on any atom is 0.348 e. The highest BCUT2D eigenvalue weighted by Gasteiger charge is 2.56. The average Bonchev–Trinajstić information content (AvgIpc) is 3.13. The third-order valence-corrected chi connectivity index (χ3v) is 9.44. The van der Waals surface area contributed by atoms with Gasteiger partial charge >= 0.3 is 35.8 Å². The highest BCUT2D eigenvalue weighted by molar-refractivity contribution is 6.16. The van der Waals surface area contributed by atoms with Gasteiger partial charge in [0.1, 0.15) is 22.3 Å². The number of aliphatic hydroxyl groups is 2. The molecule has 2 N–H and O–H groups in total. The molecule has 0 atom stereocenters. The van der Waals surface area contributed by atoms with Crippen molar-refractivity contribution < 1.29 is 76.9 Å². The minimum atomic E-state index is -1.65. The monoisotopic (exact) mass is 752 g/mol. The summed E-state index contributed by atoms with van der Waals surface area (Å²) in [5.74, 6) is -12.3. The van der Waals surface area contributed by atoms with Gasteiger partial charge in [-0.15, -0.1) is 0 Å². The Morgan fingerprint density at radius 1 is 0.444 bits per heavy atom. The molecule has 1 saturated carbocycles. The van der Waals surface area contributed by atoms with E-state index in [1.807, 2.05) is 0 Å². The summed E-state index contributed by atoms with van der Waals surface area (Å²) >= 11 is 0. The number of rotatable bonds is 10. The van der Waals surface area contributed by atoms with E-state index < -0.39 is 76.4 Å². The molecule has 0 aromatic carbocycles. The molecule has 4 heterocycles. The Morgan fingerprint density at radius 3 is 1.19 bits per heavy atom. The molecular weight excluding hydrogens is 712 g/mol. The number of carbonyl (C=O) groups is 6. The first-order valence-electron chi connectivity index (χ1n) is 17.4. The molecule has 0 amide bonds. The van der Waals surface area contributed by atoms with Crippen molar-refractivity contribution in [2.45, 2.75) is 102 Å². The Labute approximate surface area is 309 Å². The summed E-state index contributed by atoms with van der Waals surface area (Å²) in [7, 11) is 0. The first-order chi connectivity index (χ1) is 25.7. The Kier molecular flexibility index (Phi) is 11.2. The zero-order valence-electron chi connectivity index (χ0n) is 30.0. The summed E-state index contributed by atoms with van der Waals surface area (Å²) in [6.07, 6.45) is 13.8. The van der Waals surface area contributed by atoms with Gasteiger partial charge in [-0.1, -0.05) is 64.2 Å². The smallest absolute Gasteiger partial charge is 0.348 e. The van der Waals surface area contributed by atoms with E-state index in [9.17, 15) is 39.0 Å². The zero-order valence-corrected chi connectivity index (χ0v) is 30.0. The highest BCUT2D eigenvalue weighted by Crippen LogP contribution is 2.46. The standard InChI is InChI=1S/C38H40O16/c1-5-35(6-2)47-27(39)23(28(40)48-35)15-11-9-13-17-25-31(43)51-37(52-32(25)44)19-21-38(22-20-37)53-33(45)26(34(46)54-38)18-14-10-12-16-24-29(41)49-36(7-3,8-4)50-30(24)42/h9-18,39,45H,5-8,19-22H2,1-4H3/b12-10+,13-9+,15-11+,18-14+,25-17?. The lowest BCUT2D eigenvalue weighted by Gasteiger charge is -2.46. The lowest BCUT2D eigenvalue weighted by Crippen LogP contribution is -2.54. The maximum absolute atomic E-state index is 12.9. The fourth-order valence-electron chi connectivity index (χ4n) is 6.01. The highest BCUT2D eigenvalue weighted by atomic mass is 16.8. The number of ether oxygens (including phenoxy) is 8. The molecule has 0 aromatic rings. The van der Waals surface area contributed by atoms with E-state index in [1.165, 1.54) is 54.7 Å². The van der Waals surface area contributed by atoms with E-state index in [1.54, 1.807) is 27.7 Å². The van der Waals surface area contributed by atoms with Crippen molar-refractivity contribution in [3.05, 3.63) is 94.9 Å². The fraction of sp³-hybridized carbons (Fsp3) is 0.421. The van der Waals surface area contributed by atoms with E-state index >= 15 is 0 Å². The van der Waals surface area contributed by atoms with Crippen molar-refractivity contribution in [3.63, 3.8) is 0 Å². The summed E-state index contributed by atoms with van der Waals surface area (Å²) < 4.78 is 43.5. The molecule has 54 heavy (non-hydrogen) atoms. The topological polar surface area (TPSA) is 217 Å². The van der Waals surface area contributed by atoms with Crippen LogP contribution in [0.1, 0.15) is 79.1 Å². The fourth-order valence-corrected chi connectivity index (χ4v) is 6.01. The molecule has 0 unspecified atom stereocenters. The Morgan fingerprint density at radius 2 is 0.778 bits per heavy atom. The summed E-state index contributed by atoms with van der Waals surface area (Å²) in [6, 6.07) is 0. The molecule has 3 fully saturated rings. The molecule has 1 aliphatic carbocycles. The van der Waals surface area contributed by atoms with Crippen LogP contribution in [0.4, 0.5) is 0 Å². The maximum atomic E-state index is 12.9. The van der Waals surface area contributed by atoms with E-state index in [4.69, 9.17) is 37.9 Å². The van der Waals surface area contributed by atoms with Crippen molar-refractivity contribution in [1.29, 1.82) is 0 Å². The molecule has 5 aliphatic rings. The number of carbonyl (C=O) groups excluding carboxylic acids is 6. The van der Waals surface area contributed by atoms with Crippen LogP contribution < -0.4 is 0 Å². The van der Waals surface area contributed by atoms with Gasteiger partial charge in [-0.25, -0.2) is 28.8 Å². The van der Waals surface area contributed by atoms with Crippen LogP contribution in [0.25, 0.3) is 0 Å². The minimum absolute atomic E-state index is 0.104. The number of hydrogen-bond donors (Lipinski definition) is 2. The summed E-state index contributed by atoms with van der Waals surface area (Å²) in [5, 5.41) is 20.8. The largest absolute Gasteiger partial charge is 0.480 e. The Bertz CT molecular complexity index is 1810. The second-order valence-corrected chi connectivity index (χ2v) is 12.7. The lowest BCUT2D eigenvalue weighted by atomic mass is 9.87. The molecule has 0 bridgehead atoms. The van der Waals surface area contributed by atoms with Gasteiger partial charge in [-0.05, 0) is 24.3 Å². The molecule has 0 aromatic heterocycles. The van der Waals surface area contributed by atoms with Gasteiger partial charge in [0.25, 0.3) is 35.0 Å². The Balaban J connectivity index is 1.15. The first-order valence-corrected chi connectivity index (χ1v) is 17.4.